The lowest BCUT2D eigenvalue weighted by atomic mass is 10.0. The number of hydrogen-bond donors (Lipinski definition) is 3. The highest BCUT2D eigenvalue weighted by Gasteiger charge is 2.17. The summed E-state index contributed by atoms with van der Waals surface area (Å²) in [5.41, 5.74) is 1.67. The number of aromatic nitrogens is 5. The molecule has 0 saturated heterocycles. The smallest absolute Gasteiger partial charge is 0.344 e. The number of aromatic amines is 2. The summed E-state index contributed by atoms with van der Waals surface area (Å²) in [6.07, 6.45) is -1.21. The van der Waals surface area contributed by atoms with Gasteiger partial charge in [0, 0.05) is 0 Å². The number of rotatable bonds is 7. The van der Waals surface area contributed by atoms with Gasteiger partial charge in [0.1, 0.15) is 11.6 Å². The lowest BCUT2D eigenvalue weighted by Crippen LogP contribution is -2.23. The average Bonchev–Trinajstić information content (AvgIpc) is 3.25. The predicted molar refractivity (Wildman–Crippen MR) is 112 cm³/mol. The molecular weight excluding hydrogens is 421 g/mol. The van der Waals surface area contributed by atoms with Crippen LogP contribution in [0.3, 0.4) is 0 Å². The molecule has 2 aromatic heterocycles. The third-order valence-corrected chi connectivity index (χ3v) is 4.65. The second-order valence-electron chi connectivity index (χ2n) is 6.81. The molecule has 0 aliphatic rings. The zero-order chi connectivity index (χ0) is 22.8. The second-order valence-corrected chi connectivity index (χ2v) is 6.81. The standard InChI is InChI=1S/C21H18FN5O5/c1-3-31-15-8-11(12-5-7-14(22)16(9-12)32-10(2)21(29)30)4-6-13(15)18-23-19-17(20(28)24-18)25-27-26-19/h4-10H,3H2,1-2H3,(H,29,30)(H2,23,24,25,26,27,28)/t10-/m1/s1. The Morgan fingerprint density at radius 3 is 2.62 bits per heavy atom. The van der Waals surface area contributed by atoms with Crippen LogP contribution in [0.5, 0.6) is 11.5 Å². The summed E-state index contributed by atoms with van der Waals surface area (Å²) < 4.78 is 25.1. The van der Waals surface area contributed by atoms with Crippen molar-refractivity contribution in [2.75, 3.05) is 6.61 Å². The molecule has 3 N–H and O–H groups in total. The van der Waals surface area contributed by atoms with E-state index in [0.717, 1.165) is 0 Å². The summed E-state index contributed by atoms with van der Waals surface area (Å²) in [4.78, 5) is 30.3. The first-order valence-corrected chi connectivity index (χ1v) is 9.65. The minimum atomic E-state index is -1.21. The van der Waals surface area contributed by atoms with Gasteiger partial charge < -0.3 is 19.6 Å². The maximum atomic E-state index is 14.1. The van der Waals surface area contributed by atoms with Crippen molar-refractivity contribution in [1.29, 1.82) is 0 Å². The van der Waals surface area contributed by atoms with E-state index in [4.69, 9.17) is 14.6 Å². The maximum absolute atomic E-state index is 14.1. The molecule has 1 atom stereocenters. The first kappa shape index (κ1) is 21.0. The summed E-state index contributed by atoms with van der Waals surface area (Å²) >= 11 is 0. The van der Waals surface area contributed by atoms with Crippen LogP contribution in [-0.2, 0) is 4.79 Å². The van der Waals surface area contributed by atoms with E-state index in [0.29, 0.717) is 29.0 Å². The van der Waals surface area contributed by atoms with Crippen molar-refractivity contribution in [3.05, 3.63) is 52.6 Å². The first-order chi connectivity index (χ1) is 15.4. The number of halogens is 1. The van der Waals surface area contributed by atoms with Crippen molar-refractivity contribution in [3.63, 3.8) is 0 Å². The van der Waals surface area contributed by atoms with Gasteiger partial charge in [-0.3, -0.25) is 4.79 Å². The molecule has 4 aromatic rings. The molecule has 10 nitrogen and oxygen atoms in total. The van der Waals surface area contributed by atoms with Gasteiger partial charge in [0.2, 0.25) is 0 Å². The molecule has 164 valence electrons. The van der Waals surface area contributed by atoms with Crippen molar-refractivity contribution >= 4 is 17.1 Å². The molecular formula is C21H18FN5O5. The van der Waals surface area contributed by atoms with Gasteiger partial charge in [-0.25, -0.2) is 19.3 Å². The fourth-order valence-corrected chi connectivity index (χ4v) is 3.07. The third kappa shape index (κ3) is 4.00. The lowest BCUT2D eigenvalue weighted by molar-refractivity contribution is -0.144. The Labute approximate surface area is 180 Å². The van der Waals surface area contributed by atoms with E-state index in [1.165, 1.54) is 19.1 Å². The van der Waals surface area contributed by atoms with E-state index < -0.39 is 23.4 Å². The third-order valence-electron chi connectivity index (χ3n) is 4.65. The normalized spacial score (nSPS) is 12.0. The van der Waals surface area contributed by atoms with Crippen LogP contribution >= 0.6 is 0 Å². The number of nitrogens with zero attached hydrogens (tertiary/aromatic N) is 3. The SMILES string of the molecule is CCOc1cc(-c2ccc(F)c(O[C@H](C)C(=O)O)c2)ccc1-c1nc2[nH]nnc2c(=O)[nH]1. The second kappa shape index (κ2) is 8.46. The molecule has 0 aliphatic heterocycles. The molecule has 0 radical (unpaired) electrons. The van der Waals surface area contributed by atoms with Crippen LogP contribution in [0.4, 0.5) is 4.39 Å². The highest BCUT2D eigenvalue weighted by molar-refractivity contribution is 5.77. The molecule has 0 spiro atoms. The number of nitrogens with one attached hydrogen (secondary N) is 2. The molecule has 2 aromatic carbocycles. The number of fused-ring (bicyclic) bond motifs is 1. The van der Waals surface area contributed by atoms with Gasteiger partial charge in [-0.15, -0.1) is 5.10 Å². The zero-order valence-corrected chi connectivity index (χ0v) is 17.0. The van der Waals surface area contributed by atoms with Crippen molar-refractivity contribution < 1.29 is 23.8 Å². The lowest BCUT2D eigenvalue weighted by Gasteiger charge is -2.14. The number of H-pyrrole nitrogens is 2. The van der Waals surface area contributed by atoms with Gasteiger partial charge in [-0.05, 0) is 49.2 Å². The Balaban J connectivity index is 1.76. The summed E-state index contributed by atoms with van der Waals surface area (Å²) in [5, 5.41) is 18.9. The van der Waals surface area contributed by atoms with Crippen LogP contribution < -0.4 is 15.0 Å². The number of carboxylic acids is 1. The van der Waals surface area contributed by atoms with Crippen molar-refractivity contribution in [2.45, 2.75) is 20.0 Å². The van der Waals surface area contributed by atoms with Gasteiger partial charge in [0.05, 0.1) is 12.2 Å². The van der Waals surface area contributed by atoms with E-state index in [2.05, 4.69) is 25.4 Å². The van der Waals surface area contributed by atoms with E-state index in [9.17, 15) is 14.0 Å². The van der Waals surface area contributed by atoms with Crippen LogP contribution in [0.15, 0.2) is 41.2 Å². The molecule has 32 heavy (non-hydrogen) atoms. The number of ether oxygens (including phenoxy) is 2. The Morgan fingerprint density at radius 2 is 1.91 bits per heavy atom. The molecule has 0 saturated carbocycles. The Morgan fingerprint density at radius 1 is 1.19 bits per heavy atom. The molecule has 11 heteroatoms. The fourth-order valence-electron chi connectivity index (χ4n) is 3.07. The van der Waals surface area contributed by atoms with Crippen molar-refractivity contribution in [1.82, 2.24) is 25.4 Å². The molecule has 0 fully saturated rings. The Bertz CT molecular complexity index is 1370. The zero-order valence-electron chi connectivity index (χ0n) is 17.0. The minimum Gasteiger partial charge on any atom is -0.493 e. The molecule has 0 bridgehead atoms. The minimum absolute atomic E-state index is 0.0951. The molecule has 0 amide bonds. The predicted octanol–water partition coefficient (Wildman–Crippen LogP) is 2.76. The average molecular weight is 439 g/mol. The van der Waals surface area contributed by atoms with Crippen molar-refractivity contribution in [3.8, 4) is 34.0 Å². The summed E-state index contributed by atoms with van der Waals surface area (Å²) in [6, 6.07) is 9.32. The number of benzene rings is 2. The highest BCUT2D eigenvalue weighted by atomic mass is 19.1. The van der Waals surface area contributed by atoms with Crippen molar-refractivity contribution in [2.24, 2.45) is 0 Å². The van der Waals surface area contributed by atoms with E-state index in [-0.39, 0.29) is 22.7 Å². The Kier molecular flexibility index (Phi) is 5.54. The van der Waals surface area contributed by atoms with E-state index >= 15 is 0 Å². The quantitative estimate of drug-likeness (QED) is 0.399. The summed E-state index contributed by atoms with van der Waals surface area (Å²) in [5.74, 6) is -1.36. The van der Waals surface area contributed by atoms with Gasteiger partial charge in [0.15, 0.2) is 28.8 Å². The van der Waals surface area contributed by atoms with Gasteiger partial charge in [-0.1, -0.05) is 17.3 Å². The summed E-state index contributed by atoms with van der Waals surface area (Å²) in [6.45, 7) is 3.48. The highest BCUT2D eigenvalue weighted by Crippen LogP contribution is 2.34. The maximum Gasteiger partial charge on any atom is 0.344 e. The monoisotopic (exact) mass is 439 g/mol. The Hall–Kier alpha value is -4.28. The molecule has 2 heterocycles. The van der Waals surface area contributed by atoms with Gasteiger partial charge in [0.25, 0.3) is 5.56 Å². The van der Waals surface area contributed by atoms with Crippen LogP contribution in [-0.4, -0.2) is 49.2 Å². The van der Waals surface area contributed by atoms with Crippen LogP contribution in [0.25, 0.3) is 33.7 Å². The van der Waals surface area contributed by atoms with Crippen LogP contribution in [0, 0.1) is 5.82 Å². The van der Waals surface area contributed by atoms with Crippen LogP contribution in [0.1, 0.15) is 13.8 Å². The number of carbonyl (C=O) groups is 1. The largest absolute Gasteiger partial charge is 0.493 e. The van der Waals surface area contributed by atoms with E-state index in [1.807, 2.05) is 6.92 Å². The first-order valence-electron chi connectivity index (χ1n) is 9.65. The molecule has 4 rings (SSSR count). The number of aliphatic carboxylic acids is 1. The number of hydrogen-bond acceptors (Lipinski definition) is 7. The van der Waals surface area contributed by atoms with E-state index in [1.54, 1.807) is 24.3 Å². The van der Waals surface area contributed by atoms with Crippen LogP contribution in [0.2, 0.25) is 0 Å². The fraction of sp³-hybridized carbons (Fsp3) is 0.190. The number of carboxylic acid groups (broad SMARTS) is 1. The topological polar surface area (TPSA) is 143 Å². The van der Waals surface area contributed by atoms with Gasteiger partial charge >= 0.3 is 5.97 Å². The molecule has 0 aliphatic carbocycles. The van der Waals surface area contributed by atoms with Gasteiger partial charge in [-0.2, -0.15) is 0 Å². The molecule has 0 unspecified atom stereocenters. The summed E-state index contributed by atoms with van der Waals surface area (Å²) in [7, 11) is 0.